The quantitative estimate of drug-likeness (QED) is 0.644. The highest BCUT2D eigenvalue weighted by molar-refractivity contribution is 7.15. The first kappa shape index (κ1) is 19.9. The fourth-order valence-corrected chi connectivity index (χ4v) is 3.79. The van der Waals surface area contributed by atoms with E-state index in [9.17, 15) is 4.79 Å². The Labute approximate surface area is 169 Å². The highest BCUT2D eigenvalue weighted by Crippen LogP contribution is 2.34. The number of nitrogens with zero attached hydrogens (tertiary/aromatic N) is 4. The smallest absolute Gasteiger partial charge is 0.259 e. The highest BCUT2D eigenvalue weighted by atomic mass is 32.1. The minimum Gasteiger partial charge on any atom is -0.357 e. The summed E-state index contributed by atoms with van der Waals surface area (Å²) in [5, 5.41) is 12.6. The molecular weight excluding hydrogens is 370 g/mol. The van der Waals surface area contributed by atoms with E-state index in [2.05, 4.69) is 65.2 Å². The second kappa shape index (κ2) is 8.48. The fourth-order valence-electron chi connectivity index (χ4n) is 2.93. The number of amides is 1. The molecule has 0 saturated heterocycles. The summed E-state index contributed by atoms with van der Waals surface area (Å²) in [6, 6.07) is 13.8. The molecule has 3 rings (SSSR count). The van der Waals surface area contributed by atoms with Crippen LogP contribution in [-0.2, 0) is 5.41 Å². The van der Waals surface area contributed by atoms with Gasteiger partial charge in [-0.25, -0.2) is 4.98 Å². The lowest BCUT2D eigenvalue weighted by atomic mass is 9.85. The summed E-state index contributed by atoms with van der Waals surface area (Å²) in [5.74, 6) is 0.628. The van der Waals surface area contributed by atoms with Gasteiger partial charge in [0.2, 0.25) is 5.13 Å². The number of aromatic nitrogens is 3. The van der Waals surface area contributed by atoms with Crippen LogP contribution in [0.2, 0.25) is 0 Å². The topological polar surface area (TPSA) is 71.0 Å². The van der Waals surface area contributed by atoms with Gasteiger partial charge in [-0.2, -0.15) is 0 Å². The molecule has 0 atom stereocenters. The largest absolute Gasteiger partial charge is 0.357 e. The van der Waals surface area contributed by atoms with Gasteiger partial charge < -0.3 is 4.90 Å². The second-order valence-corrected chi connectivity index (χ2v) is 7.91. The van der Waals surface area contributed by atoms with Crippen molar-refractivity contribution in [2.75, 3.05) is 23.3 Å². The first-order valence-corrected chi connectivity index (χ1v) is 10.2. The average Bonchev–Trinajstić information content (AvgIpc) is 3.19. The molecule has 1 amide bonds. The molecule has 0 aliphatic rings. The van der Waals surface area contributed by atoms with Gasteiger partial charge in [-0.05, 0) is 45.4 Å². The lowest BCUT2D eigenvalue weighted by Gasteiger charge is -2.21. The fraction of sp³-hybridized carbons (Fsp3) is 0.333. The third-order valence-electron chi connectivity index (χ3n) is 4.77. The molecule has 1 N–H and O–H groups in total. The summed E-state index contributed by atoms with van der Waals surface area (Å²) in [7, 11) is 0. The minimum absolute atomic E-state index is 0.237. The van der Waals surface area contributed by atoms with Crippen molar-refractivity contribution < 1.29 is 4.79 Å². The van der Waals surface area contributed by atoms with Crippen molar-refractivity contribution in [1.82, 2.24) is 15.2 Å². The predicted octanol–water partition coefficient (Wildman–Crippen LogP) is 4.36. The minimum atomic E-state index is -0.283. The van der Waals surface area contributed by atoms with Gasteiger partial charge in [0.05, 0.1) is 5.56 Å². The Morgan fingerprint density at radius 3 is 2.39 bits per heavy atom. The number of carbonyl (C=O) groups excluding carboxylic acids is 1. The molecule has 0 aliphatic heterocycles. The summed E-state index contributed by atoms with van der Waals surface area (Å²) in [6.45, 7) is 10.1. The van der Waals surface area contributed by atoms with Gasteiger partial charge in [-0.3, -0.25) is 10.1 Å². The standard InChI is InChI=1S/C21H25N5OS/c1-5-26(6-2)17-13-12-15(14-22-17)18(27)23-20-25-24-19(28-20)21(3,4)16-10-8-7-9-11-16/h7-14H,5-6H2,1-4H3,(H,23,25,27). The number of hydrogen-bond donors (Lipinski definition) is 1. The van der Waals surface area contributed by atoms with Crippen LogP contribution in [0.4, 0.5) is 10.9 Å². The lowest BCUT2D eigenvalue weighted by Crippen LogP contribution is -2.23. The average molecular weight is 396 g/mol. The molecule has 0 radical (unpaired) electrons. The van der Waals surface area contributed by atoms with E-state index in [1.807, 2.05) is 24.3 Å². The number of hydrogen-bond acceptors (Lipinski definition) is 6. The Bertz CT molecular complexity index is 917. The van der Waals surface area contributed by atoms with Crippen molar-refractivity contribution in [3.05, 3.63) is 64.8 Å². The van der Waals surface area contributed by atoms with Crippen molar-refractivity contribution in [2.45, 2.75) is 33.1 Å². The van der Waals surface area contributed by atoms with Crippen LogP contribution in [0.5, 0.6) is 0 Å². The van der Waals surface area contributed by atoms with Crippen LogP contribution in [0, 0.1) is 0 Å². The van der Waals surface area contributed by atoms with Crippen molar-refractivity contribution in [3.63, 3.8) is 0 Å². The van der Waals surface area contributed by atoms with Crippen LogP contribution in [0.15, 0.2) is 48.7 Å². The molecule has 0 fully saturated rings. The summed E-state index contributed by atoms with van der Waals surface area (Å²) in [4.78, 5) is 19.1. The maximum atomic E-state index is 12.5. The van der Waals surface area contributed by atoms with Crippen LogP contribution >= 0.6 is 11.3 Å². The van der Waals surface area contributed by atoms with Gasteiger partial charge in [-0.1, -0.05) is 41.7 Å². The van der Waals surface area contributed by atoms with Crippen molar-refractivity contribution in [3.8, 4) is 0 Å². The molecular formula is C21H25N5OS. The molecule has 1 aromatic carbocycles. The Balaban J connectivity index is 1.72. The highest BCUT2D eigenvalue weighted by Gasteiger charge is 2.27. The third kappa shape index (κ3) is 4.20. The molecule has 7 heteroatoms. The molecule has 2 heterocycles. The number of pyridine rings is 1. The summed E-state index contributed by atoms with van der Waals surface area (Å²) in [6.07, 6.45) is 1.60. The molecule has 28 heavy (non-hydrogen) atoms. The molecule has 0 unspecified atom stereocenters. The normalized spacial score (nSPS) is 11.3. The SMILES string of the molecule is CCN(CC)c1ccc(C(=O)Nc2nnc(C(C)(C)c3ccccc3)s2)cn1. The van der Waals surface area contributed by atoms with Crippen molar-refractivity contribution in [1.29, 1.82) is 0 Å². The zero-order valence-corrected chi connectivity index (χ0v) is 17.5. The second-order valence-electron chi connectivity index (χ2n) is 6.93. The molecule has 0 saturated carbocycles. The Hall–Kier alpha value is -2.80. The van der Waals surface area contributed by atoms with E-state index in [1.165, 1.54) is 11.3 Å². The summed E-state index contributed by atoms with van der Waals surface area (Å²) in [5.41, 5.74) is 1.37. The molecule has 0 aliphatic carbocycles. The van der Waals surface area contributed by atoms with E-state index in [0.29, 0.717) is 10.7 Å². The molecule has 146 valence electrons. The van der Waals surface area contributed by atoms with Crippen LogP contribution < -0.4 is 10.2 Å². The van der Waals surface area contributed by atoms with Gasteiger partial charge in [0.15, 0.2) is 0 Å². The molecule has 3 aromatic rings. The van der Waals surface area contributed by atoms with Crippen LogP contribution in [-0.4, -0.2) is 34.2 Å². The zero-order chi connectivity index (χ0) is 20.1. The van der Waals surface area contributed by atoms with E-state index in [0.717, 1.165) is 29.5 Å². The lowest BCUT2D eigenvalue weighted by molar-refractivity contribution is 0.102. The van der Waals surface area contributed by atoms with Crippen molar-refractivity contribution in [2.24, 2.45) is 0 Å². The van der Waals surface area contributed by atoms with E-state index in [4.69, 9.17) is 0 Å². The zero-order valence-electron chi connectivity index (χ0n) is 16.6. The Morgan fingerprint density at radius 1 is 1.07 bits per heavy atom. The van der Waals surface area contributed by atoms with E-state index in [1.54, 1.807) is 12.3 Å². The van der Waals surface area contributed by atoms with Crippen LogP contribution in [0.1, 0.15) is 48.6 Å². The van der Waals surface area contributed by atoms with E-state index in [-0.39, 0.29) is 11.3 Å². The maximum absolute atomic E-state index is 12.5. The maximum Gasteiger partial charge on any atom is 0.259 e. The number of anilines is 2. The Kier molecular flexibility index (Phi) is 6.04. The number of nitrogens with one attached hydrogen (secondary N) is 1. The summed E-state index contributed by atoms with van der Waals surface area (Å²) < 4.78 is 0. The summed E-state index contributed by atoms with van der Waals surface area (Å²) >= 11 is 1.39. The van der Waals surface area contributed by atoms with Gasteiger partial charge in [0.1, 0.15) is 10.8 Å². The van der Waals surface area contributed by atoms with E-state index >= 15 is 0 Å². The number of carbonyl (C=O) groups is 1. The van der Waals surface area contributed by atoms with Gasteiger partial charge >= 0.3 is 0 Å². The Morgan fingerprint density at radius 2 is 1.79 bits per heavy atom. The monoisotopic (exact) mass is 395 g/mol. The molecule has 2 aromatic heterocycles. The third-order valence-corrected chi connectivity index (χ3v) is 5.94. The molecule has 0 spiro atoms. The first-order valence-electron chi connectivity index (χ1n) is 9.37. The first-order chi connectivity index (χ1) is 13.5. The van der Waals surface area contributed by atoms with Crippen LogP contribution in [0.25, 0.3) is 0 Å². The number of rotatable bonds is 7. The van der Waals surface area contributed by atoms with Gasteiger partial charge in [0, 0.05) is 24.7 Å². The van der Waals surface area contributed by atoms with E-state index < -0.39 is 0 Å². The number of benzene rings is 1. The molecule has 0 bridgehead atoms. The van der Waals surface area contributed by atoms with Gasteiger partial charge in [-0.15, -0.1) is 10.2 Å². The molecule has 6 nitrogen and oxygen atoms in total. The van der Waals surface area contributed by atoms with Crippen LogP contribution in [0.3, 0.4) is 0 Å². The van der Waals surface area contributed by atoms with Crippen molar-refractivity contribution >= 4 is 28.2 Å². The predicted molar refractivity (Wildman–Crippen MR) is 114 cm³/mol. The van der Waals surface area contributed by atoms with Gasteiger partial charge in [0.25, 0.3) is 5.91 Å².